The number of nitrogens with one attached hydrogen (secondary N) is 2. The highest BCUT2D eigenvalue weighted by atomic mass is 35.5. The average molecular weight is 314 g/mol. The second-order valence-electron chi connectivity index (χ2n) is 5.38. The molecule has 0 spiro atoms. The van der Waals surface area contributed by atoms with E-state index in [1.54, 1.807) is 18.2 Å². The standard InChI is InChI=1S/C14H17Cl2N3O/c15-11-4-3-10(6-12(11)16)18-14(20)19-5-1-2-9-7-17-8-13(9)19/h3-4,6,9,13,17H,1-2,5,7-8H2,(H,18,20). The lowest BCUT2D eigenvalue weighted by molar-refractivity contribution is 0.147. The van der Waals surface area contributed by atoms with Crippen LogP contribution < -0.4 is 10.6 Å². The fraction of sp³-hybridized carbons (Fsp3) is 0.500. The topological polar surface area (TPSA) is 44.4 Å². The molecule has 2 atom stereocenters. The fourth-order valence-electron chi connectivity index (χ4n) is 3.09. The van der Waals surface area contributed by atoms with Gasteiger partial charge >= 0.3 is 6.03 Å². The monoisotopic (exact) mass is 313 g/mol. The van der Waals surface area contributed by atoms with Gasteiger partial charge in [0, 0.05) is 31.4 Å². The number of urea groups is 1. The molecule has 3 rings (SSSR count). The SMILES string of the molecule is O=C(Nc1ccc(Cl)c(Cl)c1)N1CCCC2CNCC21. The van der Waals surface area contributed by atoms with Crippen molar-refractivity contribution in [3.8, 4) is 0 Å². The second kappa shape index (κ2) is 5.80. The Labute approximate surface area is 128 Å². The maximum atomic E-state index is 12.4. The summed E-state index contributed by atoms with van der Waals surface area (Å²) in [6.07, 6.45) is 2.27. The van der Waals surface area contributed by atoms with Gasteiger partial charge in [-0.05, 0) is 37.0 Å². The van der Waals surface area contributed by atoms with Gasteiger partial charge in [-0.15, -0.1) is 0 Å². The van der Waals surface area contributed by atoms with Crippen LogP contribution in [0, 0.1) is 5.92 Å². The Morgan fingerprint density at radius 2 is 2.15 bits per heavy atom. The molecular weight excluding hydrogens is 297 g/mol. The number of likely N-dealkylation sites (tertiary alicyclic amines) is 1. The van der Waals surface area contributed by atoms with Gasteiger partial charge in [0.25, 0.3) is 0 Å². The Balaban J connectivity index is 1.70. The van der Waals surface area contributed by atoms with E-state index in [9.17, 15) is 4.79 Å². The van der Waals surface area contributed by atoms with Gasteiger partial charge in [0.2, 0.25) is 0 Å². The molecule has 108 valence electrons. The zero-order valence-electron chi connectivity index (χ0n) is 11.0. The molecule has 2 fully saturated rings. The molecule has 0 bridgehead atoms. The highest BCUT2D eigenvalue weighted by molar-refractivity contribution is 6.42. The average Bonchev–Trinajstić information content (AvgIpc) is 2.91. The molecule has 0 aromatic heterocycles. The number of fused-ring (bicyclic) bond motifs is 1. The number of rotatable bonds is 1. The molecule has 2 saturated heterocycles. The Morgan fingerprint density at radius 1 is 1.30 bits per heavy atom. The molecule has 2 aliphatic rings. The molecular formula is C14H17Cl2N3O. The number of carbonyl (C=O) groups excluding carboxylic acids is 1. The van der Waals surface area contributed by atoms with E-state index < -0.39 is 0 Å². The summed E-state index contributed by atoms with van der Waals surface area (Å²) in [4.78, 5) is 14.4. The first-order chi connectivity index (χ1) is 9.65. The second-order valence-corrected chi connectivity index (χ2v) is 6.19. The van der Waals surface area contributed by atoms with E-state index in [1.807, 2.05) is 4.90 Å². The quantitative estimate of drug-likeness (QED) is 0.836. The Bertz CT molecular complexity index is 523. The predicted octanol–water partition coefficient (Wildman–Crippen LogP) is 3.21. The third-order valence-electron chi connectivity index (χ3n) is 4.11. The van der Waals surface area contributed by atoms with Crippen LogP contribution in [0.3, 0.4) is 0 Å². The zero-order chi connectivity index (χ0) is 14.1. The minimum Gasteiger partial charge on any atom is -0.320 e. The van der Waals surface area contributed by atoms with Crippen molar-refractivity contribution in [2.45, 2.75) is 18.9 Å². The maximum absolute atomic E-state index is 12.4. The van der Waals surface area contributed by atoms with Gasteiger partial charge in [-0.2, -0.15) is 0 Å². The van der Waals surface area contributed by atoms with Gasteiger partial charge in [0.1, 0.15) is 0 Å². The van der Waals surface area contributed by atoms with Gasteiger partial charge in [-0.3, -0.25) is 0 Å². The van der Waals surface area contributed by atoms with Crippen LogP contribution in [0.5, 0.6) is 0 Å². The Morgan fingerprint density at radius 3 is 2.95 bits per heavy atom. The number of nitrogens with zero attached hydrogens (tertiary/aromatic N) is 1. The van der Waals surface area contributed by atoms with Gasteiger partial charge in [0.15, 0.2) is 0 Å². The number of amides is 2. The molecule has 1 aromatic carbocycles. The molecule has 6 heteroatoms. The van der Waals surface area contributed by atoms with E-state index in [4.69, 9.17) is 23.2 Å². The summed E-state index contributed by atoms with van der Waals surface area (Å²) in [5.74, 6) is 0.586. The van der Waals surface area contributed by atoms with E-state index in [0.29, 0.717) is 27.7 Å². The largest absolute Gasteiger partial charge is 0.322 e. The first-order valence-corrected chi connectivity index (χ1v) is 7.64. The zero-order valence-corrected chi connectivity index (χ0v) is 12.5. The minimum atomic E-state index is -0.0539. The molecule has 1 aromatic rings. The van der Waals surface area contributed by atoms with Gasteiger partial charge < -0.3 is 15.5 Å². The van der Waals surface area contributed by atoms with Gasteiger partial charge in [0.05, 0.1) is 10.0 Å². The van der Waals surface area contributed by atoms with E-state index in [-0.39, 0.29) is 6.03 Å². The number of anilines is 1. The molecule has 0 saturated carbocycles. The molecule has 2 amide bonds. The predicted molar refractivity (Wildman–Crippen MR) is 81.6 cm³/mol. The molecule has 0 aliphatic carbocycles. The highest BCUT2D eigenvalue weighted by Crippen LogP contribution is 2.28. The Hall–Kier alpha value is -0.970. The number of piperidine rings is 1. The van der Waals surface area contributed by atoms with Crippen LogP contribution >= 0.6 is 23.2 Å². The summed E-state index contributed by atoms with van der Waals surface area (Å²) in [5, 5.41) is 7.21. The smallest absolute Gasteiger partial charge is 0.320 e. The molecule has 4 nitrogen and oxygen atoms in total. The molecule has 2 aliphatic heterocycles. The maximum Gasteiger partial charge on any atom is 0.322 e. The highest BCUT2D eigenvalue weighted by Gasteiger charge is 2.37. The molecule has 2 heterocycles. The lowest BCUT2D eigenvalue weighted by Gasteiger charge is -2.36. The first kappa shape index (κ1) is 14.0. The van der Waals surface area contributed by atoms with E-state index >= 15 is 0 Å². The molecule has 2 N–H and O–H groups in total. The van der Waals surface area contributed by atoms with Crippen LogP contribution in [-0.2, 0) is 0 Å². The summed E-state index contributed by atoms with van der Waals surface area (Å²) in [7, 11) is 0. The molecule has 2 unspecified atom stereocenters. The van der Waals surface area contributed by atoms with Crippen LogP contribution in [0.4, 0.5) is 10.5 Å². The van der Waals surface area contributed by atoms with Crippen molar-refractivity contribution >= 4 is 34.9 Å². The third-order valence-corrected chi connectivity index (χ3v) is 4.85. The van der Waals surface area contributed by atoms with Crippen LogP contribution in [-0.4, -0.2) is 36.6 Å². The lowest BCUT2D eigenvalue weighted by atomic mass is 9.92. The first-order valence-electron chi connectivity index (χ1n) is 6.88. The summed E-state index contributed by atoms with van der Waals surface area (Å²) in [5.41, 5.74) is 0.678. The van der Waals surface area contributed by atoms with Gasteiger partial charge in [-0.25, -0.2) is 4.79 Å². The van der Waals surface area contributed by atoms with Crippen molar-refractivity contribution in [1.82, 2.24) is 10.2 Å². The fourth-order valence-corrected chi connectivity index (χ4v) is 3.39. The number of halogens is 2. The van der Waals surface area contributed by atoms with Gasteiger partial charge in [-0.1, -0.05) is 23.2 Å². The van der Waals surface area contributed by atoms with Crippen molar-refractivity contribution < 1.29 is 4.79 Å². The normalized spacial score (nSPS) is 25.4. The number of carbonyl (C=O) groups is 1. The van der Waals surface area contributed by atoms with Crippen molar-refractivity contribution in [3.63, 3.8) is 0 Å². The van der Waals surface area contributed by atoms with Crippen LogP contribution in [0.2, 0.25) is 10.0 Å². The summed E-state index contributed by atoms with van der Waals surface area (Å²) in [6.45, 7) is 2.72. The number of hydrogen-bond donors (Lipinski definition) is 2. The van der Waals surface area contributed by atoms with Crippen molar-refractivity contribution in [2.75, 3.05) is 25.0 Å². The minimum absolute atomic E-state index is 0.0539. The van der Waals surface area contributed by atoms with Crippen LogP contribution in [0.25, 0.3) is 0 Å². The van der Waals surface area contributed by atoms with Crippen molar-refractivity contribution in [2.24, 2.45) is 5.92 Å². The summed E-state index contributed by atoms with van der Waals surface area (Å²) >= 11 is 11.8. The lowest BCUT2D eigenvalue weighted by Crippen LogP contribution is -2.50. The van der Waals surface area contributed by atoms with E-state index in [0.717, 1.165) is 26.1 Å². The van der Waals surface area contributed by atoms with Crippen molar-refractivity contribution in [1.29, 1.82) is 0 Å². The van der Waals surface area contributed by atoms with Crippen molar-refractivity contribution in [3.05, 3.63) is 28.2 Å². The summed E-state index contributed by atoms with van der Waals surface area (Å²) < 4.78 is 0. The Kier molecular flexibility index (Phi) is 4.06. The van der Waals surface area contributed by atoms with E-state index in [1.165, 1.54) is 6.42 Å². The number of benzene rings is 1. The van der Waals surface area contributed by atoms with Crippen LogP contribution in [0.1, 0.15) is 12.8 Å². The molecule has 20 heavy (non-hydrogen) atoms. The van der Waals surface area contributed by atoms with E-state index in [2.05, 4.69) is 10.6 Å². The summed E-state index contributed by atoms with van der Waals surface area (Å²) in [6, 6.07) is 5.39. The third kappa shape index (κ3) is 2.73. The molecule has 0 radical (unpaired) electrons. The van der Waals surface area contributed by atoms with Crippen LogP contribution in [0.15, 0.2) is 18.2 Å². The number of hydrogen-bond acceptors (Lipinski definition) is 2.